The highest BCUT2D eigenvalue weighted by molar-refractivity contribution is 7.89. The van der Waals surface area contributed by atoms with E-state index < -0.39 is 26.7 Å². The van der Waals surface area contributed by atoms with Crippen LogP contribution in [0.3, 0.4) is 0 Å². The molecule has 0 aliphatic rings. The van der Waals surface area contributed by atoms with E-state index in [1.54, 1.807) is 13.1 Å². The molecular formula is C13H17F3N2O3S. The van der Waals surface area contributed by atoms with E-state index in [1.165, 1.54) is 11.0 Å². The molecule has 22 heavy (non-hydrogen) atoms. The van der Waals surface area contributed by atoms with Gasteiger partial charge in [0.1, 0.15) is 0 Å². The molecule has 1 rings (SSSR count). The number of nitrogens with zero attached hydrogens (tertiary/aromatic N) is 1. The molecule has 0 spiro atoms. The number of hydrogen-bond donors (Lipinski definition) is 1. The summed E-state index contributed by atoms with van der Waals surface area (Å²) in [5, 5.41) is 4.82. The number of anilines is 1. The number of nitrogens with two attached hydrogens (primary N) is 1. The number of hydrogen-bond acceptors (Lipinski definition) is 4. The van der Waals surface area contributed by atoms with Gasteiger partial charge in [-0.05, 0) is 18.2 Å². The summed E-state index contributed by atoms with van der Waals surface area (Å²) in [7, 11) is -2.88. The molecule has 0 aliphatic heterocycles. The first-order valence-electron chi connectivity index (χ1n) is 6.21. The SMILES string of the molecule is C=CCOCCN(C)c1ccc(S(N)(=O)=O)c(C(F)(F)F)c1. The predicted molar refractivity (Wildman–Crippen MR) is 77.1 cm³/mol. The van der Waals surface area contributed by atoms with Crippen molar-refractivity contribution < 1.29 is 26.3 Å². The van der Waals surface area contributed by atoms with Gasteiger partial charge in [-0.2, -0.15) is 13.2 Å². The quantitative estimate of drug-likeness (QED) is 0.610. The van der Waals surface area contributed by atoms with Crippen molar-refractivity contribution in [2.24, 2.45) is 5.14 Å². The number of halogens is 3. The first kappa shape index (κ1) is 18.5. The van der Waals surface area contributed by atoms with Gasteiger partial charge in [-0.25, -0.2) is 13.6 Å². The van der Waals surface area contributed by atoms with Gasteiger partial charge in [0.15, 0.2) is 0 Å². The van der Waals surface area contributed by atoms with Gasteiger partial charge in [0.25, 0.3) is 0 Å². The summed E-state index contributed by atoms with van der Waals surface area (Å²) in [6.45, 7) is 4.44. The lowest BCUT2D eigenvalue weighted by Crippen LogP contribution is -2.24. The summed E-state index contributed by atoms with van der Waals surface area (Å²) < 4.78 is 66.7. The molecule has 9 heteroatoms. The third kappa shape index (κ3) is 5.00. The van der Waals surface area contributed by atoms with Crippen LogP contribution in [0.1, 0.15) is 5.56 Å². The zero-order valence-corrected chi connectivity index (χ0v) is 12.7. The van der Waals surface area contributed by atoms with E-state index in [2.05, 4.69) is 6.58 Å². The van der Waals surface area contributed by atoms with Crippen LogP contribution in [0, 0.1) is 0 Å². The van der Waals surface area contributed by atoms with Crippen LogP contribution in [-0.2, 0) is 20.9 Å². The van der Waals surface area contributed by atoms with Crippen molar-refractivity contribution in [2.45, 2.75) is 11.1 Å². The standard InChI is InChI=1S/C13H17F3N2O3S/c1-3-7-21-8-6-18(2)10-4-5-12(22(17,19)20)11(9-10)13(14,15)16/h3-5,9H,1,6-8H2,2H3,(H2,17,19,20). The van der Waals surface area contributed by atoms with Gasteiger partial charge in [-0.3, -0.25) is 0 Å². The number of alkyl halides is 3. The van der Waals surface area contributed by atoms with E-state index in [-0.39, 0.29) is 5.69 Å². The topological polar surface area (TPSA) is 72.6 Å². The van der Waals surface area contributed by atoms with Crippen molar-refractivity contribution in [3.8, 4) is 0 Å². The van der Waals surface area contributed by atoms with Crippen LogP contribution < -0.4 is 10.0 Å². The van der Waals surface area contributed by atoms with Crippen LogP contribution in [0.4, 0.5) is 18.9 Å². The van der Waals surface area contributed by atoms with Crippen molar-refractivity contribution in [1.82, 2.24) is 0 Å². The number of rotatable bonds is 7. The van der Waals surface area contributed by atoms with Crippen LogP contribution in [-0.4, -0.2) is 35.2 Å². The molecule has 0 radical (unpaired) electrons. The zero-order chi connectivity index (χ0) is 17.0. The van der Waals surface area contributed by atoms with Gasteiger partial charge in [0.05, 0.1) is 23.7 Å². The van der Waals surface area contributed by atoms with Gasteiger partial charge in [0, 0.05) is 19.3 Å². The minimum absolute atomic E-state index is 0.210. The Balaban J connectivity index is 3.07. The Morgan fingerprint density at radius 2 is 2.05 bits per heavy atom. The Bertz CT molecular complexity index is 630. The number of benzene rings is 1. The van der Waals surface area contributed by atoms with Gasteiger partial charge in [-0.15, -0.1) is 6.58 Å². The Hall–Kier alpha value is -1.58. The van der Waals surface area contributed by atoms with E-state index >= 15 is 0 Å². The van der Waals surface area contributed by atoms with Crippen LogP contribution in [0.2, 0.25) is 0 Å². The zero-order valence-electron chi connectivity index (χ0n) is 11.9. The van der Waals surface area contributed by atoms with Crippen molar-refractivity contribution in [1.29, 1.82) is 0 Å². The highest BCUT2D eigenvalue weighted by Gasteiger charge is 2.36. The van der Waals surface area contributed by atoms with E-state index in [1.807, 2.05) is 0 Å². The monoisotopic (exact) mass is 338 g/mol. The van der Waals surface area contributed by atoms with E-state index in [9.17, 15) is 21.6 Å². The molecule has 1 aromatic carbocycles. The number of ether oxygens (including phenoxy) is 1. The maximum Gasteiger partial charge on any atom is 0.417 e. The molecule has 0 aromatic heterocycles. The summed E-state index contributed by atoms with van der Waals surface area (Å²) in [6, 6.07) is 2.88. The Kier molecular flexibility index (Phi) is 5.98. The lowest BCUT2D eigenvalue weighted by Gasteiger charge is -2.21. The molecule has 124 valence electrons. The van der Waals surface area contributed by atoms with E-state index in [0.29, 0.717) is 19.8 Å². The lowest BCUT2D eigenvalue weighted by atomic mass is 10.2. The van der Waals surface area contributed by atoms with Crippen LogP contribution >= 0.6 is 0 Å². The van der Waals surface area contributed by atoms with Gasteiger partial charge in [0.2, 0.25) is 10.0 Å². The van der Waals surface area contributed by atoms with Crippen LogP contribution in [0.15, 0.2) is 35.7 Å². The normalized spacial score (nSPS) is 12.2. The Labute approximate surface area is 127 Å². The molecule has 2 N–H and O–H groups in total. The molecule has 0 amide bonds. The molecule has 0 saturated heterocycles. The van der Waals surface area contributed by atoms with Crippen molar-refractivity contribution in [3.63, 3.8) is 0 Å². The maximum absolute atomic E-state index is 13.0. The second-order valence-corrected chi connectivity index (χ2v) is 6.04. The first-order chi connectivity index (χ1) is 10.1. The first-order valence-corrected chi connectivity index (χ1v) is 7.76. The largest absolute Gasteiger partial charge is 0.417 e. The fourth-order valence-corrected chi connectivity index (χ4v) is 2.46. The molecule has 1 aromatic rings. The van der Waals surface area contributed by atoms with Gasteiger partial charge < -0.3 is 9.64 Å². The van der Waals surface area contributed by atoms with E-state index in [4.69, 9.17) is 9.88 Å². The molecule has 0 bridgehead atoms. The molecule has 0 atom stereocenters. The highest BCUT2D eigenvalue weighted by atomic mass is 32.2. The minimum atomic E-state index is -4.82. The molecule has 0 fully saturated rings. The van der Waals surface area contributed by atoms with E-state index in [0.717, 1.165) is 12.1 Å². The van der Waals surface area contributed by atoms with Crippen LogP contribution in [0.5, 0.6) is 0 Å². The van der Waals surface area contributed by atoms with Gasteiger partial charge >= 0.3 is 6.18 Å². The van der Waals surface area contributed by atoms with Crippen LogP contribution in [0.25, 0.3) is 0 Å². The lowest BCUT2D eigenvalue weighted by molar-refractivity contribution is -0.139. The third-order valence-electron chi connectivity index (χ3n) is 2.82. The fraction of sp³-hybridized carbons (Fsp3) is 0.385. The Morgan fingerprint density at radius 3 is 2.55 bits per heavy atom. The summed E-state index contributed by atoms with van der Waals surface area (Å²) in [5.41, 5.74) is -1.08. The van der Waals surface area contributed by atoms with Crippen molar-refractivity contribution in [2.75, 3.05) is 31.7 Å². The summed E-state index contributed by atoms with van der Waals surface area (Å²) in [5.74, 6) is 0. The highest BCUT2D eigenvalue weighted by Crippen LogP contribution is 2.36. The maximum atomic E-state index is 13.0. The second kappa shape index (κ2) is 7.12. The summed E-state index contributed by atoms with van der Waals surface area (Å²) >= 11 is 0. The fourth-order valence-electron chi connectivity index (χ4n) is 1.72. The molecule has 0 saturated carbocycles. The predicted octanol–water partition coefficient (Wildman–Crippen LogP) is 1.99. The molecule has 0 unspecified atom stereocenters. The van der Waals surface area contributed by atoms with Crippen molar-refractivity contribution in [3.05, 3.63) is 36.4 Å². The second-order valence-electron chi connectivity index (χ2n) is 4.51. The number of primary sulfonamides is 1. The summed E-state index contributed by atoms with van der Waals surface area (Å²) in [6.07, 6.45) is -3.26. The number of likely N-dealkylation sites (N-methyl/N-ethyl adjacent to an activating group) is 1. The Morgan fingerprint density at radius 1 is 1.41 bits per heavy atom. The molecule has 0 aliphatic carbocycles. The van der Waals surface area contributed by atoms with Gasteiger partial charge in [-0.1, -0.05) is 6.08 Å². The van der Waals surface area contributed by atoms with Crippen molar-refractivity contribution >= 4 is 15.7 Å². The molecule has 5 nitrogen and oxygen atoms in total. The molecular weight excluding hydrogens is 321 g/mol. The average molecular weight is 338 g/mol. The average Bonchev–Trinajstić information content (AvgIpc) is 2.41. The smallest absolute Gasteiger partial charge is 0.376 e. The third-order valence-corrected chi connectivity index (χ3v) is 3.79. The summed E-state index contributed by atoms with van der Waals surface area (Å²) in [4.78, 5) is 0.575. The molecule has 0 heterocycles. The minimum Gasteiger partial charge on any atom is -0.376 e. The number of sulfonamides is 1.